The summed E-state index contributed by atoms with van der Waals surface area (Å²) in [5.41, 5.74) is 6.02. The van der Waals surface area contributed by atoms with Crippen molar-refractivity contribution in [1.29, 1.82) is 0 Å². The number of hydrogen-bond acceptors (Lipinski definition) is 5. The zero-order valence-electron chi connectivity index (χ0n) is 30.7. The van der Waals surface area contributed by atoms with Crippen LogP contribution in [0, 0.1) is 23.8 Å². The minimum absolute atomic E-state index is 0. The van der Waals surface area contributed by atoms with Gasteiger partial charge in [0.2, 0.25) is 0 Å². The Hall–Kier alpha value is -3.60. The summed E-state index contributed by atoms with van der Waals surface area (Å²) in [6, 6.07) is 24.7. The van der Waals surface area contributed by atoms with Gasteiger partial charge in [-0.25, -0.2) is 4.98 Å². The van der Waals surface area contributed by atoms with E-state index in [0.717, 1.165) is 76.7 Å². The molecule has 0 spiro atoms. The first-order valence-electron chi connectivity index (χ1n) is 17.6. The fourth-order valence-electron chi connectivity index (χ4n) is 6.26. The molecule has 6 heteroatoms. The van der Waals surface area contributed by atoms with E-state index in [0.29, 0.717) is 5.92 Å². The summed E-state index contributed by atoms with van der Waals surface area (Å²) in [4.78, 5) is 21.0. The van der Waals surface area contributed by atoms with Crippen LogP contribution in [0.4, 0.5) is 0 Å². The topological polar surface area (TPSA) is 76.2 Å². The molecule has 0 bridgehead atoms. The zero-order valence-corrected chi connectivity index (χ0v) is 33.1. The smallest absolute Gasteiger partial charge is 0.162 e. The van der Waals surface area contributed by atoms with Crippen LogP contribution >= 0.6 is 0 Å². The fraction of sp³-hybridized carbons (Fsp3) is 0.419. The second-order valence-electron chi connectivity index (χ2n) is 14.2. The van der Waals surface area contributed by atoms with Crippen LogP contribution in [-0.2, 0) is 36.7 Å². The number of rotatable bonds is 11. The predicted octanol–water partition coefficient (Wildman–Crippen LogP) is 11.9. The molecule has 0 aliphatic rings. The minimum atomic E-state index is 0. The van der Waals surface area contributed by atoms with Gasteiger partial charge in [-0.15, -0.1) is 29.1 Å². The summed E-state index contributed by atoms with van der Waals surface area (Å²) in [5, 5.41) is 13.2. The van der Waals surface area contributed by atoms with Crippen LogP contribution in [0.2, 0.25) is 0 Å². The van der Waals surface area contributed by atoms with Crippen molar-refractivity contribution in [3.8, 4) is 22.5 Å². The van der Waals surface area contributed by atoms with E-state index in [1.165, 1.54) is 17.0 Å². The van der Waals surface area contributed by atoms with Crippen LogP contribution in [0.5, 0.6) is 0 Å². The minimum Gasteiger partial charge on any atom is -0.512 e. The molecule has 0 saturated heterocycles. The molecule has 0 aliphatic carbocycles. The first kappa shape index (κ1) is 39.8. The molecule has 2 heterocycles. The van der Waals surface area contributed by atoms with E-state index in [2.05, 4.69) is 99.2 Å². The van der Waals surface area contributed by atoms with Crippen LogP contribution in [0.25, 0.3) is 44.3 Å². The maximum absolute atomic E-state index is 11.7. The van der Waals surface area contributed by atoms with E-state index >= 15 is 0 Å². The third-order valence-corrected chi connectivity index (χ3v) is 9.11. The maximum Gasteiger partial charge on any atom is 0.162 e. The van der Waals surface area contributed by atoms with Crippen molar-refractivity contribution in [1.82, 2.24) is 9.97 Å². The fourth-order valence-corrected chi connectivity index (χ4v) is 6.26. The Labute approximate surface area is 307 Å². The molecular formula is C43H53IrN2O3-. The molecule has 0 amide bonds. The molecule has 0 aliphatic heterocycles. The molecule has 0 saturated carbocycles. The van der Waals surface area contributed by atoms with Gasteiger partial charge in [0.25, 0.3) is 0 Å². The first-order chi connectivity index (χ1) is 22.9. The van der Waals surface area contributed by atoms with Gasteiger partial charge in [-0.3, -0.25) is 9.78 Å². The Kier molecular flexibility index (Phi) is 14.5. The summed E-state index contributed by atoms with van der Waals surface area (Å²) < 4.78 is 6.11. The van der Waals surface area contributed by atoms with Gasteiger partial charge >= 0.3 is 0 Å². The number of nitrogens with zero attached hydrogens (tertiary/aromatic N) is 2. The van der Waals surface area contributed by atoms with Crippen LogP contribution in [0.3, 0.4) is 0 Å². The number of carbonyl (C=O) groups is 1. The maximum atomic E-state index is 11.7. The molecule has 1 N–H and O–H groups in total. The third kappa shape index (κ3) is 9.99. The molecule has 263 valence electrons. The van der Waals surface area contributed by atoms with Crippen LogP contribution in [0.15, 0.2) is 83.2 Å². The Morgan fingerprint density at radius 3 is 2.14 bits per heavy atom. The Bertz CT molecular complexity index is 1860. The molecule has 0 atom stereocenters. The van der Waals surface area contributed by atoms with E-state index in [1.807, 2.05) is 39.8 Å². The molecule has 3 aromatic carbocycles. The monoisotopic (exact) mass is 838 g/mol. The van der Waals surface area contributed by atoms with Gasteiger partial charge in [0.1, 0.15) is 17.7 Å². The Balaban J connectivity index is 0.000000347. The van der Waals surface area contributed by atoms with Gasteiger partial charge in [0.15, 0.2) is 5.78 Å². The van der Waals surface area contributed by atoms with Crippen molar-refractivity contribution < 1.29 is 34.4 Å². The summed E-state index contributed by atoms with van der Waals surface area (Å²) >= 11 is 0. The van der Waals surface area contributed by atoms with Crippen molar-refractivity contribution in [2.45, 2.75) is 99.8 Å². The SMILES string of the molecule is CC(C)Cc1cc2c(-c3cc(-c4[c-]c5ccccc5c(C(C)(C)C)c4)ncn3)cccc2o1.CCC(CC)C(=O)/C=C(\O)C(CC)CC.[Ir]. The summed E-state index contributed by atoms with van der Waals surface area (Å²) in [5.74, 6) is 2.10. The van der Waals surface area contributed by atoms with E-state index in [1.54, 1.807) is 6.33 Å². The average molecular weight is 838 g/mol. The van der Waals surface area contributed by atoms with Crippen LogP contribution in [0.1, 0.15) is 99.3 Å². The second kappa shape index (κ2) is 17.9. The standard InChI is InChI=1S/C30H29N2O.C13H24O2.Ir/c1-19(2)13-22-16-25-24(11-8-12-29(25)33-22)28-17-27(31-18-32-28)21-14-20-9-6-7-10-23(20)26(15-21)30(3,4)5;1-5-10(6-2)12(14)9-13(15)11(7-3)8-4;/h6-12,15-19H,13H2,1-5H3;9-11,14H,5-8H2,1-4H3;/q-1;;/b;12-9-;. The third-order valence-electron chi connectivity index (χ3n) is 9.11. The number of aliphatic hydroxyl groups excluding tert-OH is 1. The summed E-state index contributed by atoms with van der Waals surface area (Å²) in [6.07, 6.45) is 7.48. The number of hydrogen-bond donors (Lipinski definition) is 1. The number of fused-ring (bicyclic) bond motifs is 2. The van der Waals surface area contributed by atoms with Gasteiger partial charge in [0, 0.05) is 61.1 Å². The first-order valence-corrected chi connectivity index (χ1v) is 17.6. The molecule has 1 radical (unpaired) electrons. The van der Waals surface area contributed by atoms with Gasteiger partial charge in [-0.05, 0) is 55.2 Å². The van der Waals surface area contributed by atoms with E-state index < -0.39 is 0 Å². The molecule has 49 heavy (non-hydrogen) atoms. The van der Waals surface area contributed by atoms with Crippen molar-refractivity contribution in [2.75, 3.05) is 0 Å². The number of carbonyl (C=O) groups excluding carboxylic acids is 1. The molecule has 5 nitrogen and oxygen atoms in total. The number of furan rings is 1. The average Bonchev–Trinajstić information content (AvgIpc) is 3.47. The predicted molar refractivity (Wildman–Crippen MR) is 200 cm³/mol. The van der Waals surface area contributed by atoms with E-state index in [4.69, 9.17) is 4.42 Å². The van der Waals surface area contributed by atoms with Gasteiger partial charge in [-0.2, -0.15) is 0 Å². The molecule has 5 aromatic rings. The number of aromatic nitrogens is 2. The molecular weight excluding hydrogens is 785 g/mol. The van der Waals surface area contributed by atoms with E-state index in [-0.39, 0.29) is 48.9 Å². The van der Waals surface area contributed by atoms with Crippen LogP contribution < -0.4 is 0 Å². The summed E-state index contributed by atoms with van der Waals surface area (Å²) in [7, 11) is 0. The van der Waals surface area contributed by atoms with Crippen molar-refractivity contribution in [3.05, 3.63) is 96.2 Å². The molecule has 0 fully saturated rings. The number of ketones is 1. The number of benzene rings is 3. The second-order valence-corrected chi connectivity index (χ2v) is 14.2. The quantitative estimate of drug-likeness (QED) is 0.0815. The van der Waals surface area contributed by atoms with E-state index in [9.17, 15) is 9.90 Å². The van der Waals surface area contributed by atoms with Gasteiger partial charge < -0.3 is 9.52 Å². The largest absolute Gasteiger partial charge is 0.512 e. The Morgan fingerprint density at radius 1 is 0.857 bits per heavy atom. The van der Waals surface area contributed by atoms with Gasteiger partial charge in [0.05, 0.1) is 11.5 Å². The normalized spacial score (nSPS) is 12.0. The van der Waals surface area contributed by atoms with Gasteiger partial charge in [-0.1, -0.05) is 104 Å². The zero-order chi connectivity index (χ0) is 35.0. The molecule has 0 unspecified atom stereocenters. The molecule has 5 rings (SSSR count). The van der Waals surface area contributed by atoms with Crippen molar-refractivity contribution in [2.24, 2.45) is 17.8 Å². The van der Waals surface area contributed by atoms with Crippen molar-refractivity contribution >= 4 is 27.5 Å². The van der Waals surface area contributed by atoms with Crippen LogP contribution in [-0.4, -0.2) is 20.9 Å². The van der Waals surface area contributed by atoms with Crippen molar-refractivity contribution in [3.63, 3.8) is 0 Å². The summed E-state index contributed by atoms with van der Waals surface area (Å²) in [6.45, 7) is 19.2. The number of aliphatic hydroxyl groups is 1. The number of allylic oxidation sites excluding steroid dienone is 2. The Morgan fingerprint density at radius 2 is 1.51 bits per heavy atom. The molecule has 2 aromatic heterocycles.